The quantitative estimate of drug-likeness (QED) is 0.907. The van der Waals surface area contributed by atoms with Crippen molar-refractivity contribution in [1.82, 2.24) is 3.96 Å². The number of fused-ring (bicyclic) bond motifs is 1. The molecular weight excluding hydrogens is 234 g/mol. The van der Waals surface area contributed by atoms with Gasteiger partial charge in [0.15, 0.2) is 0 Å². The highest BCUT2D eigenvalue weighted by Crippen LogP contribution is 2.28. The fourth-order valence-corrected chi connectivity index (χ4v) is 3.20. The molecule has 3 nitrogen and oxygen atoms in total. The van der Waals surface area contributed by atoms with Gasteiger partial charge in [0.1, 0.15) is 0 Å². The van der Waals surface area contributed by atoms with Crippen LogP contribution < -0.4 is 5.56 Å². The molecule has 17 heavy (non-hydrogen) atoms. The van der Waals surface area contributed by atoms with Crippen LogP contribution >= 0.6 is 11.5 Å². The van der Waals surface area contributed by atoms with Gasteiger partial charge in [-0.3, -0.25) is 8.75 Å². The first-order valence-corrected chi connectivity index (χ1v) is 6.62. The number of aliphatic hydroxyl groups is 1. The molecule has 1 aromatic heterocycles. The van der Waals surface area contributed by atoms with Crippen molar-refractivity contribution in [3.63, 3.8) is 0 Å². The van der Waals surface area contributed by atoms with Gasteiger partial charge in [0.05, 0.1) is 15.6 Å². The monoisotopic (exact) mass is 251 g/mol. The molecule has 1 unspecified atom stereocenters. The Labute approximate surface area is 104 Å². The predicted octanol–water partition coefficient (Wildman–Crippen LogP) is 2.57. The number of aromatic nitrogens is 1. The second-order valence-electron chi connectivity index (χ2n) is 4.51. The van der Waals surface area contributed by atoms with E-state index in [4.69, 9.17) is 5.11 Å². The van der Waals surface area contributed by atoms with E-state index in [0.29, 0.717) is 6.42 Å². The van der Waals surface area contributed by atoms with Gasteiger partial charge in [0, 0.05) is 6.61 Å². The van der Waals surface area contributed by atoms with Crippen molar-refractivity contribution in [3.8, 4) is 0 Å². The van der Waals surface area contributed by atoms with E-state index in [1.807, 2.05) is 42.1 Å². The Balaban J connectivity index is 2.62. The smallest absolute Gasteiger partial charge is 0.269 e. The molecule has 2 rings (SSSR count). The van der Waals surface area contributed by atoms with E-state index in [1.54, 1.807) is 0 Å². The minimum Gasteiger partial charge on any atom is -0.396 e. The third-order valence-electron chi connectivity index (χ3n) is 3.39. The molecular formula is C13H17NO2S. The van der Waals surface area contributed by atoms with Gasteiger partial charge in [-0.2, -0.15) is 0 Å². The van der Waals surface area contributed by atoms with Gasteiger partial charge in [-0.05, 0) is 31.9 Å². The van der Waals surface area contributed by atoms with Crippen LogP contribution in [0.1, 0.15) is 26.7 Å². The van der Waals surface area contributed by atoms with Crippen LogP contribution in [-0.2, 0) is 5.54 Å². The average Bonchev–Trinajstić information content (AvgIpc) is 2.68. The maximum atomic E-state index is 12.3. The van der Waals surface area contributed by atoms with Crippen molar-refractivity contribution >= 4 is 21.6 Å². The first-order valence-electron chi connectivity index (χ1n) is 5.85. The Morgan fingerprint density at radius 1 is 1.41 bits per heavy atom. The Hall–Kier alpha value is -1.13. The zero-order chi connectivity index (χ0) is 12.5. The highest BCUT2D eigenvalue weighted by atomic mass is 32.1. The van der Waals surface area contributed by atoms with Crippen LogP contribution in [0.2, 0.25) is 0 Å². The minimum absolute atomic E-state index is 0.0587. The Morgan fingerprint density at radius 3 is 2.71 bits per heavy atom. The summed E-state index contributed by atoms with van der Waals surface area (Å²) in [5, 5.41) is 9.92. The number of hydrogen-bond donors (Lipinski definition) is 1. The molecule has 1 aromatic carbocycles. The standard InChI is InChI=1S/C13H17NO2S/c1-3-13(2,8-9-15)14-12(16)10-6-4-5-7-11(10)17-14/h4-7,15H,3,8-9H2,1-2H3. The summed E-state index contributed by atoms with van der Waals surface area (Å²) in [6.45, 7) is 4.18. The van der Waals surface area contributed by atoms with Crippen LogP contribution in [0.15, 0.2) is 29.1 Å². The van der Waals surface area contributed by atoms with Crippen LogP contribution in [0.25, 0.3) is 10.1 Å². The van der Waals surface area contributed by atoms with Crippen molar-refractivity contribution < 1.29 is 5.11 Å². The molecule has 0 radical (unpaired) electrons. The summed E-state index contributed by atoms with van der Waals surface area (Å²) in [6.07, 6.45) is 1.44. The Kier molecular flexibility index (Phi) is 3.35. The maximum Gasteiger partial charge on any atom is 0.269 e. The topological polar surface area (TPSA) is 42.2 Å². The average molecular weight is 251 g/mol. The zero-order valence-electron chi connectivity index (χ0n) is 10.1. The van der Waals surface area contributed by atoms with Gasteiger partial charge >= 0.3 is 0 Å². The van der Waals surface area contributed by atoms with Crippen molar-refractivity contribution in [3.05, 3.63) is 34.6 Å². The lowest BCUT2D eigenvalue weighted by Crippen LogP contribution is -2.35. The molecule has 0 aliphatic heterocycles. The van der Waals surface area contributed by atoms with Crippen LogP contribution in [0.5, 0.6) is 0 Å². The summed E-state index contributed by atoms with van der Waals surface area (Å²) in [5.74, 6) is 0. The van der Waals surface area contributed by atoms with Gasteiger partial charge < -0.3 is 5.11 Å². The van der Waals surface area contributed by atoms with Crippen LogP contribution in [0.4, 0.5) is 0 Å². The molecule has 0 amide bonds. The second kappa shape index (κ2) is 4.63. The fourth-order valence-electron chi connectivity index (χ4n) is 1.99. The van der Waals surface area contributed by atoms with Gasteiger partial charge in [0.25, 0.3) is 5.56 Å². The van der Waals surface area contributed by atoms with E-state index in [1.165, 1.54) is 11.5 Å². The van der Waals surface area contributed by atoms with E-state index in [-0.39, 0.29) is 17.7 Å². The molecule has 2 aromatic rings. The SMILES string of the molecule is CCC(C)(CCO)n1sc2ccccc2c1=O. The molecule has 1 atom stereocenters. The molecule has 0 spiro atoms. The maximum absolute atomic E-state index is 12.3. The number of hydrogen-bond acceptors (Lipinski definition) is 3. The molecule has 1 heterocycles. The molecule has 0 bridgehead atoms. The second-order valence-corrected chi connectivity index (χ2v) is 5.50. The van der Waals surface area contributed by atoms with E-state index in [9.17, 15) is 4.79 Å². The number of nitrogens with zero attached hydrogens (tertiary/aromatic N) is 1. The number of benzene rings is 1. The van der Waals surface area contributed by atoms with Gasteiger partial charge in [0.2, 0.25) is 0 Å². The Bertz CT molecular complexity index is 572. The summed E-state index contributed by atoms with van der Waals surface area (Å²) < 4.78 is 2.82. The summed E-state index contributed by atoms with van der Waals surface area (Å²) in [6, 6.07) is 7.65. The molecule has 92 valence electrons. The number of aliphatic hydroxyl groups excluding tert-OH is 1. The van der Waals surface area contributed by atoms with E-state index < -0.39 is 0 Å². The summed E-state index contributed by atoms with van der Waals surface area (Å²) in [4.78, 5) is 12.3. The normalized spacial score (nSPS) is 15.0. The first kappa shape index (κ1) is 12.3. The highest BCUT2D eigenvalue weighted by Gasteiger charge is 2.27. The minimum atomic E-state index is -0.282. The third kappa shape index (κ3) is 2.03. The molecule has 0 aliphatic carbocycles. The summed E-state index contributed by atoms with van der Waals surface area (Å²) in [7, 11) is 0. The number of rotatable bonds is 4. The summed E-state index contributed by atoms with van der Waals surface area (Å²) >= 11 is 1.49. The molecule has 4 heteroatoms. The van der Waals surface area contributed by atoms with Gasteiger partial charge in [-0.15, -0.1) is 0 Å². The lowest BCUT2D eigenvalue weighted by Gasteiger charge is -2.27. The molecule has 0 fully saturated rings. The molecule has 1 N–H and O–H groups in total. The molecule has 0 saturated carbocycles. The third-order valence-corrected chi connectivity index (χ3v) is 4.74. The van der Waals surface area contributed by atoms with Crippen LogP contribution in [0, 0.1) is 0 Å². The van der Waals surface area contributed by atoms with E-state index in [0.717, 1.165) is 16.5 Å². The van der Waals surface area contributed by atoms with Crippen molar-refractivity contribution in [2.24, 2.45) is 0 Å². The lowest BCUT2D eigenvalue weighted by atomic mass is 9.95. The van der Waals surface area contributed by atoms with E-state index >= 15 is 0 Å². The van der Waals surface area contributed by atoms with Crippen molar-refractivity contribution in [2.75, 3.05) is 6.61 Å². The Morgan fingerprint density at radius 2 is 2.12 bits per heavy atom. The highest BCUT2D eigenvalue weighted by molar-refractivity contribution is 7.13. The van der Waals surface area contributed by atoms with Gasteiger partial charge in [-0.25, -0.2) is 0 Å². The van der Waals surface area contributed by atoms with Crippen LogP contribution in [0.3, 0.4) is 0 Å². The molecule has 0 aliphatic rings. The van der Waals surface area contributed by atoms with Crippen LogP contribution in [-0.4, -0.2) is 15.7 Å². The fraction of sp³-hybridized carbons (Fsp3) is 0.462. The molecule has 0 saturated heterocycles. The van der Waals surface area contributed by atoms with E-state index in [2.05, 4.69) is 0 Å². The lowest BCUT2D eigenvalue weighted by molar-refractivity contribution is 0.201. The van der Waals surface area contributed by atoms with Crippen molar-refractivity contribution in [2.45, 2.75) is 32.2 Å². The summed E-state index contributed by atoms with van der Waals surface area (Å²) in [5.41, 5.74) is -0.224. The largest absolute Gasteiger partial charge is 0.396 e. The first-order chi connectivity index (χ1) is 8.12. The van der Waals surface area contributed by atoms with Gasteiger partial charge in [-0.1, -0.05) is 30.6 Å². The zero-order valence-corrected chi connectivity index (χ0v) is 11.0. The predicted molar refractivity (Wildman–Crippen MR) is 71.7 cm³/mol. The van der Waals surface area contributed by atoms with Crippen molar-refractivity contribution in [1.29, 1.82) is 0 Å².